The molecule has 1 fully saturated rings. The number of carbonyl (C=O) groups excluding carboxylic acids is 1. The molecular formula is C18H24N4O2. The maximum atomic E-state index is 12.7. The summed E-state index contributed by atoms with van der Waals surface area (Å²) in [5.74, 6) is 0.860. The van der Waals surface area contributed by atoms with Gasteiger partial charge in [-0.1, -0.05) is 12.1 Å². The van der Waals surface area contributed by atoms with Crippen molar-refractivity contribution in [1.82, 2.24) is 14.7 Å². The molecule has 1 aliphatic heterocycles. The van der Waals surface area contributed by atoms with Gasteiger partial charge >= 0.3 is 0 Å². The number of amides is 1. The minimum absolute atomic E-state index is 0.0335. The summed E-state index contributed by atoms with van der Waals surface area (Å²) in [5, 5.41) is 4.33. The number of nitrogens with zero attached hydrogens (tertiary/aromatic N) is 3. The van der Waals surface area contributed by atoms with Crippen molar-refractivity contribution in [2.24, 2.45) is 5.73 Å². The number of hydrogen-bond donors (Lipinski definition) is 1. The van der Waals surface area contributed by atoms with E-state index in [0.717, 1.165) is 37.1 Å². The van der Waals surface area contributed by atoms with Gasteiger partial charge < -0.3 is 15.4 Å². The highest BCUT2D eigenvalue weighted by Gasteiger charge is 2.27. The van der Waals surface area contributed by atoms with Crippen LogP contribution in [0.1, 0.15) is 35.2 Å². The highest BCUT2D eigenvalue weighted by atomic mass is 16.5. The second-order valence-corrected chi connectivity index (χ2v) is 6.16. The average molecular weight is 328 g/mol. The fraction of sp³-hybridized carbons (Fsp3) is 0.444. The zero-order valence-corrected chi connectivity index (χ0v) is 14.0. The summed E-state index contributed by atoms with van der Waals surface area (Å²) in [6, 6.07) is 7.99. The molecule has 2 heterocycles. The minimum Gasteiger partial charge on any atom is -0.497 e. The van der Waals surface area contributed by atoms with E-state index in [2.05, 4.69) is 5.10 Å². The van der Waals surface area contributed by atoms with E-state index in [1.165, 1.54) is 0 Å². The van der Waals surface area contributed by atoms with Crippen molar-refractivity contribution in [1.29, 1.82) is 0 Å². The standard InChI is InChI=1S/C18H24N4O2/c1-24-17-7-5-14(6-8-17)12-21-13-15(11-20-21)18(23)22-9-3-2-4-16(22)10-19/h5-8,11,13,16H,2-4,9-10,12,19H2,1H3. The topological polar surface area (TPSA) is 73.4 Å². The van der Waals surface area contributed by atoms with Crippen molar-refractivity contribution in [3.05, 3.63) is 47.8 Å². The van der Waals surface area contributed by atoms with Crippen LogP contribution < -0.4 is 10.5 Å². The van der Waals surface area contributed by atoms with Gasteiger partial charge in [0.25, 0.3) is 5.91 Å². The summed E-state index contributed by atoms with van der Waals surface area (Å²) in [7, 11) is 1.65. The van der Waals surface area contributed by atoms with Gasteiger partial charge in [-0.2, -0.15) is 5.10 Å². The molecular weight excluding hydrogens is 304 g/mol. The number of piperidine rings is 1. The number of methoxy groups -OCH3 is 1. The fourth-order valence-electron chi connectivity index (χ4n) is 3.16. The predicted octanol–water partition coefficient (Wildman–Crippen LogP) is 1.89. The van der Waals surface area contributed by atoms with E-state index in [0.29, 0.717) is 18.7 Å². The molecule has 2 aromatic rings. The number of rotatable bonds is 5. The lowest BCUT2D eigenvalue weighted by Gasteiger charge is -2.34. The SMILES string of the molecule is COc1ccc(Cn2cc(C(=O)N3CCCCC3CN)cn2)cc1. The maximum Gasteiger partial charge on any atom is 0.257 e. The van der Waals surface area contributed by atoms with Crippen LogP contribution in [0, 0.1) is 0 Å². The quantitative estimate of drug-likeness (QED) is 0.910. The average Bonchev–Trinajstić information content (AvgIpc) is 3.10. The maximum absolute atomic E-state index is 12.7. The van der Waals surface area contributed by atoms with E-state index in [9.17, 15) is 4.79 Å². The van der Waals surface area contributed by atoms with Crippen molar-refractivity contribution in [3.63, 3.8) is 0 Å². The number of aromatic nitrogens is 2. The number of nitrogens with two attached hydrogens (primary N) is 1. The van der Waals surface area contributed by atoms with E-state index in [1.54, 1.807) is 18.0 Å². The first-order chi connectivity index (χ1) is 11.7. The molecule has 24 heavy (non-hydrogen) atoms. The van der Waals surface area contributed by atoms with Crippen LogP contribution in [0.15, 0.2) is 36.7 Å². The largest absolute Gasteiger partial charge is 0.497 e. The second kappa shape index (κ2) is 7.49. The van der Waals surface area contributed by atoms with Gasteiger partial charge in [-0.3, -0.25) is 9.48 Å². The van der Waals surface area contributed by atoms with Gasteiger partial charge in [0.2, 0.25) is 0 Å². The Bertz CT molecular complexity index is 681. The zero-order valence-electron chi connectivity index (χ0n) is 14.0. The van der Waals surface area contributed by atoms with Crippen LogP contribution in [0.3, 0.4) is 0 Å². The van der Waals surface area contributed by atoms with Crippen molar-refractivity contribution in [2.45, 2.75) is 31.8 Å². The van der Waals surface area contributed by atoms with E-state index >= 15 is 0 Å². The molecule has 1 atom stereocenters. The first-order valence-corrected chi connectivity index (χ1v) is 8.37. The third-order valence-corrected chi connectivity index (χ3v) is 4.54. The molecule has 1 aromatic heterocycles. The fourth-order valence-corrected chi connectivity index (χ4v) is 3.16. The molecule has 1 saturated heterocycles. The highest BCUT2D eigenvalue weighted by Crippen LogP contribution is 2.19. The Morgan fingerprint density at radius 2 is 2.12 bits per heavy atom. The van der Waals surface area contributed by atoms with E-state index in [-0.39, 0.29) is 11.9 Å². The third kappa shape index (κ3) is 3.59. The molecule has 2 N–H and O–H groups in total. The molecule has 1 unspecified atom stereocenters. The van der Waals surface area contributed by atoms with Gasteiger partial charge in [0.1, 0.15) is 5.75 Å². The third-order valence-electron chi connectivity index (χ3n) is 4.54. The van der Waals surface area contributed by atoms with Crippen LogP contribution in [0.2, 0.25) is 0 Å². The molecule has 0 saturated carbocycles. The molecule has 1 aliphatic rings. The van der Waals surface area contributed by atoms with Crippen LogP contribution in [0.4, 0.5) is 0 Å². The summed E-state index contributed by atoms with van der Waals surface area (Å²) in [6.07, 6.45) is 6.63. The normalized spacial score (nSPS) is 17.8. The van der Waals surface area contributed by atoms with Crippen LogP contribution in [-0.2, 0) is 6.54 Å². The van der Waals surface area contributed by atoms with Crippen molar-refractivity contribution >= 4 is 5.91 Å². The van der Waals surface area contributed by atoms with Crippen LogP contribution in [0.25, 0.3) is 0 Å². The number of ether oxygens (including phenoxy) is 1. The lowest BCUT2D eigenvalue weighted by molar-refractivity contribution is 0.0623. The molecule has 1 amide bonds. The number of carbonyl (C=O) groups is 1. The molecule has 6 nitrogen and oxygen atoms in total. The molecule has 1 aromatic carbocycles. The smallest absolute Gasteiger partial charge is 0.257 e. The van der Waals surface area contributed by atoms with Crippen molar-refractivity contribution in [2.75, 3.05) is 20.2 Å². The van der Waals surface area contributed by atoms with Gasteiger partial charge in [-0.15, -0.1) is 0 Å². The Kier molecular flexibility index (Phi) is 5.15. The molecule has 0 bridgehead atoms. The Morgan fingerprint density at radius 3 is 2.83 bits per heavy atom. The van der Waals surface area contributed by atoms with Gasteiger partial charge in [0, 0.05) is 25.3 Å². The lowest BCUT2D eigenvalue weighted by Crippen LogP contribution is -2.47. The van der Waals surface area contributed by atoms with Crippen LogP contribution in [-0.4, -0.2) is 46.8 Å². The lowest BCUT2D eigenvalue weighted by atomic mass is 10.0. The molecule has 3 rings (SSSR count). The zero-order chi connectivity index (χ0) is 16.9. The Balaban J connectivity index is 1.68. The molecule has 0 spiro atoms. The molecule has 0 radical (unpaired) electrons. The first kappa shape index (κ1) is 16.5. The predicted molar refractivity (Wildman–Crippen MR) is 92.1 cm³/mol. The van der Waals surface area contributed by atoms with E-state index in [4.69, 9.17) is 10.5 Å². The number of benzene rings is 1. The van der Waals surface area contributed by atoms with Gasteiger partial charge in [-0.05, 0) is 37.0 Å². The Labute approximate surface area is 142 Å². The van der Waals surface area contributed by atoms with Gasteiger partial charge in [-0.25, -0.2) is 0 Å². The summed E-state index contributed by atoms with van der Waals surface area (Å²) in [5.41, 5.74) is 7.55. The summed E-state index contributed by atoms with van der Waals surface area (Å²) in [6.45, 7) is 1.92. The second-order valence-electron chi connectivity index (χ2n) is 6.16. The van der Waals surface area contributed by atoms with Crippen molar-refractivity contribution in [3.8, 4) is 5.75 Å². The number of hydrogen-bond acceptors (Lipinski definition) is 4. The van der Waals surface area contributed by atoms with E-state index in [1.807, 2.05) is 35.4 Å². The minimum atomic E-state index is 0.0335. The van der Waals surface area contributed by atoms with Crippen molar-refractivity contribution < 1.29 is 9.53 Å². The molecule has 128 valence electrons. The highest BCUT2D eigenvalue weighted by molar-refractivity contribution is 5.94. The molecule has 6 heteroatoms. The summed E-state index contributed by atoms with van der Waals surface area (Å²) in [4.78, 5) is 14.6. The van der Waals surface area contributed by atoms with Gasteiger partial charge in [0.15, 0.2) is 0 Å². The summed E-state index contributed by atoms with van der Waals surface area (Å²) < 4.78 is 6.95. The van der Waals surface area contributed by atoms with Gasteiger partial charge in [0.05, 0.1) is 25.4 Å². The molecule has 0 aliphatic carbocycles. The first-order valence-electron chi connectivity index (χ1n) is 8.37. The Hall–Kier alpha value is -2.34. The van der Waals surface area contributed by atoms with Crippen LogP contribution >= 0.6 is 0 Å². The van der Waals surface area contributed by atoms with Crippen LogP contribution in [0.5, 0.6) is 5.75 Å². The Morgan fingerprint density at radius 1 is 1.33 bits per heavy atom. The number of likely N-dealkylation sites (tertiary alicyclic amines) is 1. The van der Waals surface area contributed by atoms with E-state index < -0.39 is 0 Å². The monoisotopic (exact) mass is 328 g/mol. The summed E-state index contributed by atoms with van der Waals surface area (Å²) >= 11 is 0.